The Kier molecular flexibility index (Phi) is 4.98. The molecule has 0 aliphatic carbocycles. The smallest absolute Gasteiger partial charge is 0.253 e. The Bertz CT molecular complexity index is 456. The second-order valence-electron chi connectivity index (χ2n) is 5.18. The predicted molar refractivity (Wildman–Crippen MR) is 77.9 cm³/mol. The average Bonchev–Trinajstić information content (AvgIpc) is 2.90. The minimum Gasteiger partial charge on any atom is -0.386 e. The molecule has 20 heavy (non-hydrogen) atoms. The number of anilines is 1. The van der Waals surface area contributed by atoms with E-state index in [0.29, 0.717) is 18.6 Å². The van der Waals surface area contributed by atoms with Crippen molar-refractivity contribution in [3.8, 4) is 0 Å². The van der Waals surface area contributed by atoms with Crippen LogP contribution in [-0.4, -0.2) is 42.9 Å². The number of amides is 1. The Morgan fingerprint density at radius 2 is 2.25 bits per heavy atom. The van der Waals surface area contributed by atoms with Gasteiger partial charge in [-0.25, -0.2) is 0 Å². The van der Waals surface area contributed by atoms with Crippen molar-refractivity contribution in [1.82, 2.24) is 5.32 Å². The van der Waals surface area contributed by atoms with Gasteiger partial charge in [0.15, 0.2) is 0 Å². The zero-order chi connectivity index (χ0) is 14.4. The maximum absolute atomic E-state index is 12.2. The number of nitrogens with one attached hydrogen (secondary N) is 2. The highest BCUT2D eigenvalue weighted by Crippen LogP contribution is 2.18. The first-order valence-electron chi connectivity index (χ1n) is 7.06. The lowest BCUT2D eigenvalue weighted by molar-refractivity contribution is 0.0265. The first-order valence-corrected chi connectivity index (χ1v) is 7.06. The van der Waals surface area contributed by atoms with Crippen molar-refractivity contribution in [2.45, 2.75) is 25.4 Å². The molecular formula is C15H22N2O3. The highest BCUT2D eigenvalue weighted by atomic mass is 16.5. The van der Waals surface area contributed by atoms with E-state index in [4.69, 9.17) is 4.74 Å². The minimum atomic E-state index is -0.929. The highest BCUT2D eigenvalue weighted by molar-refractivity contribution is 5.99. The third-order valence-corrected chi connectivity index (χ3v) is 3.40. The van der Waals surface area contributed by atoms with Gasteiger partial charge in [-0.05, 0) is 18.6 Å². The standard InChI is InChI=1S/C15H22N2O3/c1-2-8-16-13-6-4-3-5-12(13)14(18)17-10-15(19)7-9-20-11-15/h3-6,16,19H,2,7-11H2,1H3,(H,17,18). The maximum atomic E-state index is 12.2. The van der Waals surface area contributed by atoms with Gasteiger partial charge < -0.3 is 20.5 Å². The number of carbonyl (C=O) groups excluding carboxylic acids is 1. The summed E-state index contributed by atoms with van der Waals surface area (Å²) in [6.07, 6.45) is 1.55. The monoisotopic (exact) mass is 278 g/mol. The van der Waals surface area contributed by atoms with Crippen LogP contribution in [0.3, 0.4) is 0 Å². The molecule has 110 valence electrons. The molecule has 0 bridgehead atoms. The molecule has 1 aromatic carbocycles. The van der Waals surface area contributed by atoms with Crippen LogP contribution < -0.4 is 10.6 Å². The van der Waals surface area contributed by atoms with E-state index in [1.165, 1.54) is 0 Å². The molecular weight excluding hydrogens is 256 g/mol. The second-order valence-corrected chi connectivity index (χ2v) is 5.18. The molecule has 1 fully saturated rings. The maximum Gasteiger partial charge on any atom is 0.253 e. The summed E-state index contributed by atoms with van der Waals surface area (Å²) < 4.78 is 5.16. The van der Waals surface area contributed by atoms with Crippen LogP contribution in [0.15, 0.2) is 24.3 Å². The molecule has 1 saturated heterocycles. The summed E-state index contributed by atoms with van der Waals surface area (Å²) in [6, 6.07) is 7.40. The van der Waals surface area contributed by atoms with Crippen molar-refractivity contribution < 1.29 is 14.6 Å². The average molecular weight is 278 g/mol. The van der Waals surface area contributed by atoms with Gasteiger partial charge in [0.05, 0.1) is 12.2 Å². The van der Waals surface area contributed by atoms with E-state index in [2.05, 4.69) is 17.6 Å². The number of ether oxygens (including phenoxy) is 1. The largest absolute Gasteiger partial charge is 0.386 e. The van der Waals surface area contributed by atoms with Crippen LogP contribution in [0.2, 0.25) is 0 Å². The summed E-state index contributed by atoms with van der Waals surface area (Å²) in [4.78, 5) is 12.2. The van der Waals surface area contributed by atoms with Crippen molar-refractivity contribution >= 4 is 11.6 Å². The lowest BCUT2D eigenvalue weighted by Gasteiger charge is -2.21. The fourth-order valence-corrected chi connectivity index (χ4v) is 2.17. The molecule has 1 aromatic rings. The second kappa shape index (κ2) is 6.72. The minimum absolute atomic E-state index is 0.176. The number of para-hydroxylation sites is 1. The Hall–Kier alpha value is -1.59. The van der Waals surface area contributed by atoms with E-state index >= 15 is 0 Å². The van der Waals surface area contributed by atoms with Gasteiger partial charge in [-0.1, -0.05) is 19.1 Å². The molecule has 1 amide bonds. The molecule has 5 heteroatoms. The van der Waals surface area contributed by atoms with Gasteiger partial charge >= 0.3 is 0 Å². The molecule has 1 aliphatic rings. The topological polar surface area (TPSA) is 70.6 Å². The van der Waals surface area contributed by atoms with Crippen molar-refractivity contribution in [1.29, 1.82) is 0 Å². The predicted octanol–water partition coefficient (Wildman–Crippen LogP) is 1.39. The van der Waals surface area contributed by atoms with Crippen LogP contribution in [0.1, 0.15) is 30.1 Å². The molecule has 2 rings (SSSR count). The molecule has 0 aromatic heterocycles. The van der Waals surface area contributed by atoms with Gasteiger partial charge in [-0.15, -0.1) is 0 Å². The first-order chi connectivity index (χ1) is 9.64. The molecule has 1 heterocycles. The van der Waals surface area contributed by atoms with Crippen molar-refractivity contribution in [3.05, 3.63) is 29.8 Å². The summed E-state index contributed by atoms with van der Waals surface area (Å²) in [5.74, 6) is -0.176. The van der Waals surface area contributed by atoms with Gasteiger partial charge in [0.25, 0.3) is 5.91 Å². The number of rotatable bonds is 6. The summed E-state index contributed by atoms with van der Waals surface area (Å²) in [5, 5.41) is 16.2. The molecule has 1 unspecified atom stereocenters. The number of benzene rings is 1. The number of carbonyl (C=O) groups is 1. The molecule has 5 nitrogen and oxygen atoms in total. The van der Waals surface area contributed by atoms with Gasteiger partial charge in [0.1, 0.15) is 5.60 Å². The van der Waals surface area contributed by atoms with Crippen molar-refractivity contribution in [3.63, 3.8) is 0 Å². The highest BCUT2D eigenvalue weighted by Gasteiger charge is 2.32. The third kappa shape index (κ3) is 3.71. The van der Waals surface area contributed by atoms with E-state index < -0.39 is 5.60 Å². The quantitative estimate of drug-likeness (QED) is 0.735. The van der Waals surface area contributed by atoms with E-state index in [1.807, 2.05) is 18.2 Å². The summed E-state index contributed by atoms with van der Waals surface area (Å²) in [7, 11) is 0. The summed E-state index contributed by atoms with van der Waals surface area (Å²) in [5.41, 5.74) is 0.492. The van der Waals surface area contributed by atoms with Crippen LogP contribution in [0.4, 0.5) is 5.69 Å². The van der Waals surface area contributed by atoms with Gasteiger partial charge in [0, 0.05) is 31.8 Å². The number of hydrogen-bond donors (Lipinski definition) is 3. The Balaban J connectivity index is 1.98. The van der Waals surface area contributed by atoms with Crippen molar-refractivity contribution in [2.75, 3.05) is 31.6 Å². The molecule has 0 radical (unpaired) electrons. The van der Waals surface area contributed by atoms with E-state index in [1.54, 1.807) is 6.07 Å². The fourth-order valence-electron chi connectivity index (χ4n) is 2.17. The summed E-state index contributed by atoms with van der Waals surface area (Å²) >= 11 is 0. The molecule has 3 N–H and O–H groups in total. The lowest BCUT2D eigenvalue weighted by Crippen LogP contribution is -2.43. The van der Waals surface area contributed by atoms with E-state index in [9.17, 15) is 9.90 Å². The molecule has 1 aliphatic heterocycles. The first kappa shape index (κ1) is 14.8. The van der Waals surface area contributed by atoms with E-state index in [-0.39, 0.29) is 19.1 Å². The van der Waals surface area contributed by atoms with E-state index in [0.717, 1.165) is 18.7 Å². The zero-order valence-corrected chi connectivity index (χ0v) is 11.8. The van der Waals surface area contributed by atoms with Gasteiger partial charge in [-0.3, -0.25) is 4.79 Å². The fraction of sp³-hybridized carbons (Fsp3) is 0.533. The van der Waals surface area contributed by atoms with Gasteiger partial charge in [0.2, 0.25) is 0 Å². The molecule has 1 atom stereocenters. The van der Waals surface area contributed by atoms with Crippen LogP contribution in [-0.2, 0) is 4.74 Å². The Labute approximate surface area is 119 Å². The lowest BCUT2D eigenvalue weighted by atomic mass is 10.0. The van der Waals surface area contributed by atoms with Gasteiger partial charge in [-0.2, -0.15) is 0 Å². The SMILES string of the molecule is CCCNc1ccccc1C(=O)NCC1(O)CCOC1. The Morgan fingerprint density at radius 3 is 2.95 bits per heavy atom. The van der Waals surface area contributed by atoms with Crippen LogP contribution in [0.5, 0.6) is 0 Å². The number of hydrogen-bond acceptors (Lipinski definition) is 4. The normalized spacial score (nSPS) is 21.7. The van der Waals surface area contributed by atoms with Crippen LogP contribution in [0.25, 0.3) is 0 Å². The molecule has 0 spiro atoms. The summed E-state index contributed by atoms with van der Waals surface area (Å²) in [6.45, 7) is 3.94. The van der Waals surface area contributed by atoms with Crippen LogP contribution >= 0.6 is 0 Å². The number of aliphatic hydroxyl groups is 1. The van der Waals surface area contributed by atoms with Crippen molar-refractivity contribution in [2.24, 2.45) is 0 Å². The Morgan fingerprint density at radius 1 is 1.45 bits per heavy atom. The van der Waals surface area contributed by atoms with Crippen LogP contribution in [0, 0.1) is 0 Å². The zero-order valence-electron chi connectivity index (χ0n) is 11.8. The molecule has 0 saturated carbocycles. The third-order valence-electron chi connectivity index (χ3n) is 3.40.